The van der Waals surface area contributed by atoms with E-state index in [2.05, 4.69) is 17.1 Å². The molecule has 0 aromatic carbocycles. The summed E-state index contributed by atoms with van der Waals surface area (Å²) in [6, 6.07) is 3.59. The summed E-state index contributed by atoms with van der Waals surface area (Å²) in [7, 11) is 1.74. The zero-order valence-corrected chi connectivity index (χ0v) is 15.0. The Kier molecular flexibility index (Phi) is 5.75. The highest BCUT2D eigenvalue weighted by molar-refractivity contribution is 5.91. The van der Waals surface area contributed by atoms with Gasteiger partial charge in [0.1, 0.15) is 12.4 Å². The van der Waals surface area contributed by atoms with E-state index in [4.69, 9.17) is 9.15 Å². The number of likely N-dealkylation sites (tertiary alicyclic amines) is 1. The lowest BCUT2D eigenvalue weighted by Gasteiger charge is -2.29. The molecular formula is C18H27N3O4. The Morgan fingerprint density at radius 2 is 2.08 bits per heavy atom. The van der Waals surface area contributed by atoms with Gasteiger partial charge in [-0.25, -0.2) is 0 Å². The van der Waals surface area contributed by atoms with Crippen LogP contribution in [0.25, 0.3) is 0 Å². The van der Waals surface area contributed by atoms with Crippen LogP contribution in [0.2, 0.25) is 0 Å². The average molecular weight is 349 g/mol. The van der Waals surface area contributed by atoms with Gasteiger partial charge in [-0.15, -0.1) is 0 Å². The van der Waals surface area contributed by atoms with E-state index >= 15 is 0 Å². The molecule has 1 atom stereocenters. The minimum atomic E-state index is -0.248. The monoisotopic (exact) mass is 349 g/mol. The quantitative estimate of drug-likeness (QED) is 0.862. The Bertz CT molecular complexity index is 607. The molecule has 1 N–H and O–H groups in total. The average Bonchev–Trinajstić information content (AvgIpc) is 3.06. The summed E-state index contributed by atoms with van der Waals surface area (Å²) in [5.41, 5.74) is 0. The van der Waals surface area contributed by atoms with E-state index in [0.717, 1.165) is 31.3 Å². The summed E-state index contributed by atoms with van der Waals surface area (Å²) in [5.74, 6) is 1.65. The van der Waals surface area contributed by atoms with Gasteiger partial charge in [-0.05, 0) is 44.0 Å². The number of nitrogens with one attached hydrogen (secondary N) is 1. The second kappa shape index (κ2) is 8.01. The number of hydrogen-bond acceptors (Lipinski definition) is 5. The first-order valence-electron chi connectivity index (χ1n) is 8.96. The van der Waals surface area contributed by atoms with E-state index in [1.807, 2.05) is 6.07 Å². The van der Waals surface area contributed by atoms with Crippen molar-refractivity contribution in [1.29, 1.82) is 0 Å². The molecule has 2 saturated heterocycles. The molecule has 0 bridgehead atoms. The fourth-order valence-corrected chi connectivity index (χ4v) is 3.20. The number of rotatable bonds is 5. The Morgan fingerprint density at radius 1 is 1.32 bits per heavy atom. The van der Waals surface area contributed by atoms with Crippen LogP contribution in [0.4, 0.5) is 0 Å². The molecule has 0 saturated carbocycles. The number of nitrogens with zero attached hydrogens (tertiary/aromatic N) is 2. The highest BCUT2D eigenvalue weighted by Crippen LogP contribution is 2.19. The van der Waals surface area contributed by atoms with Crippen molar-refractivity contribution in [1.82, 2.24) is 15.1 Å². The van der Waals surface area contributed by atoms with Crippen molar-refractivity contribution in [2.45, 2.75) is 32.4 Å². The normalized spacial score (nSPS) is 23.0. The number of furan rings is 1. The van der Waals surface area contributed by atoms with E-state index in [1.165, 1.54) is 12.8 Å². The van der Waals surface area contributed by atoms with Gasteiger partial charge in [-0.3, -0.25) is 14.5 Å². The zero-order chi connectivity index (χ0) is 17.8. The molecule has 25 heavy (non-hydrogen) atoms. The molecule has 0 unspecified atom stereocenters. The van der Waals surface area contributed by atoms with Crippen LogP contribution in [0.3, 0.4) is 0 Å². The Morgan fingerprint density at radius 3 is 2.80 bits per heavy atom. The van der Waals surface area contributed by atoms with Gasteiger partial charge < -0.3 is 19.4 Å². The predicted molar refractivity (Wildman–Crippen MR) is 92.1 cm³/mol. The molecule has 3 heterocycles. The summed E-state index contributed by atoms with van der Waals surface area (Å²) in [4.78, 5) is 27.6. The SMILES string of the molecule is CC1CCN(Cc2ccc(C(=O)NC[C@@H]3CN(C)C(=O)CO3)o2)CC1. The predicted octanol–water partition coefficient (Wildman–Crippen LogP) is 1.10. The number of likely N-dealkylation sites (N-methyl/N-ethyl adjacent to an activating group) is 1. The highest BCUT2D eigenvalue weighted by atomic mass is 16.5. The van der Waals surface area contributed by atoms with Gasteiger partial charge in [-0.1, -0.05) is 6.92 Å². The van der Waals surface area contributed by atoms with E-state index < -0.39 is 0 Å². The smallest absolute Gasteiger partial charge is 0.287 e. The first-order chi connectivity index (χ1) is 12.0. The summed E-state index contributed by atoms with van der Waals surface area (Å²) in [6.07, 6.45) is 2.25. The Hall–Kier alpha value is -1.86. The van der Waals surface area contributed by atoms with Crippen LogP contribution in [0.15, 0.2) is 16.5 Å². The fourth-order valence-electron chi connectivity index (χ4n) is 3.20. The lowest BCUT2D eigenvalue weighted by atomic mass is 9.99. The maximum Gasteiger partial charge on any atom is 0.287 e. The number of amides is 2. The maximum atomic E-state index is 12.2. The third kappa shape index (κ3) is 4.83. The maximum absolute atomic E-state index is 12.2. The highest BCUT2D eigenvalue weighted by Gasteiger charge is 2.24. The first kappa shape index (κ1) is 17.9. The van der Waals surface area contributed by atoms with Crippen LogP contribution in [-0.2, 0) is 16.1 Å². The molecule has 7 heteroatoms. The molecule has 7 nitrogen and oxygen atoms in total. The molecule has 0 radical (unpaired) electrons. The number of carbonyl (C=O) groups excluding carboxylic acids is 2. The minimum absolute atomic E-state index is 0.0367. The second-order valence-corrected chi connectivity index (χ2v) is 7.14. The molecule has 0 spiro atoms. The van der Waals surface area contributed by atoms with Crippen LogP contribution in [0, 0.1) is 5.92 Å². The number of ether oxygens (including phenoxy) is 1. The van der Waals surface area contributed by atoms with Crippen molar-refractivity contribution < 1.29 is 18.7 Å². The van der Waals surface area contributed by atoms with E-state index in [1.54, 1.807) is 18.0 Å². The van der Waals surface area contributed by atoms with Gasteiger partial charge in [-0.2, -0.15) is 0 Å². The molecule has 2 fully saturated rings. The largest absolute Gasteiger partial charge is 0.455 e. The molecule has 2 aliphatic rings. The first-order valence-corrected chi connectivity index (χ1v) is 8.96. The van der Waals surface area contributed by atoms with Gasteiger partial charge in [0.15, 0.2) is 5.76 Å². The summed E-state index contributed by atoms with van der Waals surface area (Å²) in [6.45, 7) is 6.10. The standard InChI is InChI=1S/C18H27N3O4/c1-13-5-7-21(8-6-13)11-14-3-4-16(25-14)18(23)19-9-15-10-20(2)17(22)12-24-15/h3-4,13,15H,5-12H2,1-2H3,(H,19,23)/t15-/m1/s1. The molecule has 2 amide bonds. The molecule has 1 aromatic heterocycles. The van der Waals surface area contributed by atoms with Crippen molar-refractivity contribution >= 4 is 11.8 Å². The minimum Gasteiger partial charge on any atom is -0.455 e. The summed E-state index contributed by atoms with van der Waals surface area (Å²) in [5, 5.41) is 2.82. The number of morpholine rings is 1. The van der Waals surface area contributed by atoms with Gasteiger partial charge in [0.05, 0.1) is 12.6 Å². The molecule has 0 aliphatic carbocycles. The van der Waals surface area contributed by atoms with Crippen molar-refractivity contribution in [3.63, 3.8) is 0 Å². The van der Waals surface area contributed by atoms with Gasteiger partial charge >= 0.3 is 0 Å². The second-order valence-electron chi connectivity index (χ2n) is 7.14. The van der Waals surface area contributed by atoms with Gasteiger partial charge in [0.25, 0.3) is 5.91 Å². The molecule has 138 valence electrons. The summed E-state index contributed by atoms with van der Waals surface area (Å²) >= 11 is 0. The number of piperidine rings is 1. The van der Waals surface area contributed by atoms with Gasteiger partial charge in [0, 0.05) is 20.1 Å². The van der Waals surface area contributed by atoms with Crippen LogP contribution in [0.5, 0.6) is 0 Å². The third-order valence-electron chi connectivity index (χ3n) is 4.98. The number of hydrogen-bond donors (Lipinski definition) is 1. The molecule has 3 rings (SSSR count). The Labute approximate surface area is 148 Å². The lowest BCUT2D eigenvalue weighted by Crippen LogP contribution is -2.48. The van der Waals surface area contributed by atoms with Crippen molar-refractivity contribution in [3.8, 4) is 0 Å². The lowest BCUT2D eigenvalue weighted by molar-refractivity contribution is -0.146. The zero-order valence-electron chi connectivity index (χ0n) is 15.0. The fraction of sp³-hybridized carbons (Fsp3) is 0.667. The van der Waals surface area contributed by atoms with Crippen molar-refractivity contribution in [2.75, 3.05) is 39.8 Å². The van der Waals surface area contributed by atoms with Crippen LogP contribution in [0.1, 0.15) is 36.1 Å². The number of carbonyl (C=O) groups is 2. The molecular weight excluding hydrogens is 322 g/mol. The molecule has 2 aliphatic heterocycles. The van der Waals surface area contributed by atoms with Gasteiger partial charge in [0.2, 0.25) is 5.91 Å². The van der Waals surface area contributed by atoms with E-state index in [-0.39, 0.29) is 24.5 Å². The topological polar surface area (TPSA) is 75.0 Å². The summed E-state index contributed by atoms with van der Waals surface area (Å²) < 4.78 is 11.1. The van der Waals surface area contributed by atoms with E-state index in [9.17, 15) is 9.59 Å². The van der Waals surface area contributed by atoms with Crippen molar-refractivity contribution in [2.24, 2.45) is 5.92 Å². The van der Waals surface area contributed by atoms with Crippen LogP contribution < -0.4 is 5.32 Å². The van der Waals surface area contributed by atoms with Crippen LogP contribution >= 0.6 is 0 Å². The van der Waals surface area contributed by atoms with E-state index in [0.29, 0.717) is 18.8 Å². The third-order valence-corrected chi connectivity index (χ3v) is 4.98. The van der Waals surface area contributed by atoms with Crippen LogP contribution in [-0.4, -0.2) is 67.6 Å². The van der Waals surface area contributed by atoms with Crippen molar-refractivity contribution in [3.05, 3.63) is 23.7 Å². The Balaban J connectivity index is 1.45. The molecule has 1 aromatic rings.